The lowest BCUT2D eigenvalue weighted by Gasteiger charge is -2.62. The standard InChI is InChI=1S/C40H50N4O5/c1-25-31(21-29-22-32(25)40(29,2)3)38(47)44-24-30(45)23-35(44)37(46)41-33(20-26-13-14-27-9-5-6-10-28(27)19-26)39(48)43-17-15-42(16-18-43)34-11-7-8-12-36(34)49-4/h5-14,19,25,29-33,35,45H,15-18,20-24H2,1-4H3,(H,41,46)/t25?,29?,30-,31?,32?,33?,35?/m1/s1. The number of amides is 3. The first-order valence-electron chi connectivity index (χ1n) is 18.0. The molecule has 0 radical (unpaired) electrons. The fraction of sp³-hybridized carbons (Fsp3) is 0.525. The van der Waals surface area contributed by atoms with Crippen molar-refractivity contribution >= 4 is 34.2 Å². The lowest BCUT2D eigenvalue weighted by Crippen LogP contribution is -2.60. The Kier molecular flexibility index (Phi) is 9.07. The van der Waals surface area contributed by atoms with Crippen molar-refractivity contribution in [3.05, 3.63) is 72.3 Å². The SMILES string of the molecule is COc1ccccc1N1CCN(C(=O)C(Cc2ccc3ccccc3c2)NC(=O)C2C[C@@H](O)CN2C(=O)C2CC3CC(C2C)C3(C)C)CC1. The molecular formula is C40H50N4O5. The highest BCUT2D eigenvalue weighted by molar-refractivity contribution is 5.93. The van der Waals surface area contributed by atoms with Crippen LogP contribution in [0.4, 0.5) is 5.69 Å². The molecule has 3 aromatic rings. The van der Waals surface area contributed by atoms with Gasteiger partial charge in [-0.1, -0.05) is 75.4 Å². The summed E-state index contributed by atoms with van der Waals surface area (Å²) in [5.74, 6) is 1.34. The van der Waals surface area contributed by atoms with E-state index in [-0.39, 0.29) is 47.9 Å². The number of ether oxygens (including phenoxy) is 1. The van der Waals surface area contributed by atoms with Crippen LogP contribution in [0.5, 0.6) is 5.75 Å². The van der Waals surface area contributed by atoms with Crippen molar-refractivity contribution in [3.8, 4) is 5.75 Å². The van der Waals surface area contributed by atoms with Crippen LogP contribution in [-0.2, 0) is 20.8 Å². The van der Waals surface area contributed by atoms with Crippen molar-refractivity contribution in [1.82, 2.24) is 15.1 Å². The summed E-state index contributed by atoms with van der Waals surface area (Å²) in [5, 5.41) is 16.0. The van der Waals surface area contributed by atoms with E-state index in [1.165, 1.54) is 0 Å². The number of aliphatic hydroxyl groups is 1. The molecule has 49 heavy (non-hydrogen) atoms. The van der Waals surface area contributed by atoms with Crippen LogP contribution in [-0.4, -0.2) is 90.6 Å². The second-order valence-corrected chi connectivity index (χ2v) is 15.4. The summed E-state index contributed by atoms with van der Waals surface area (Å²) in [4.78, 5) is 48.2. The average molecular weight is 667 g/mol. The van der Waals surface area contributed by atoms with E-state index in [4.69, 9.17) is 4.74 Å². The quantitative estimate of drug-likeness (QED) is 0.367. The number of hydrogen-bond donors (Lipinski definition) is 2. The number of carbonyl (C=O) groups is 3. The highest BCUT2D eigenvalue weighted by Gasteiger charge is 2.58. The van der Waals surface area contributed by atoms with E-state index in [2.05, 4.69) is 43.1 Å². The molecule has 5 fully saturated rings. The molecule has 9 nitrogen and oxygen atoms in total. The van der Waals surface area contributed by atoms with Gasteiger partial charge in [0.2, 0.25) is 17.7 Å². The highest BCUT2D eigenvalue weighted by Crippen LogP contribution is 2.63. The number of anilines is 1. The molecule has 260 valence electrons. The second kappa shape index (κ2) is 13.3. The summed E-state index contributed by atoms with van der Waals surface area (Å²) in [6, 6.07) is 20.5. The number of rotatable bonds is 8. The fourth-order valence-corrected chi connectivity index (χ4v) is 9.34. The molecule has 8 rings (SSSR count). The molecule has 3 aromatic carbocycles. The molecule has 0 aromatic heterocycles. The lowest BCUT2D eigenvalue weighted by atomic mass is 9.43. The third-order valence-corrected chi connectivity index (χ3v) is 12.4. The molecule has 5 aliphatic rings. The first kappa shape index (κ1) is 33.4. The van der Waals surface area contributed by atoms with Crippen LogP contribution in [0.15, 0.2) is 66.7 Å². The van der Waals surface area contributed by atoms with Crippen LogP contribution in [0.25, 0.3) is 10.8 Å². The number of benzene rings is 3. The molecule has 2 saturated heterocycles. The first-order chi connectivity index (χ1) is 23.5. The van der Waals surface area contributed by atoms with E-state index in [0.29, 0.717) is 44.4 Å². The summed E-state index contributed by atoms with van der Waals surface area (Å²) in [7, 11) is 1.66. The lowest BCUT2D eigenvalue weighted by molar-refractivity contribution is -0.164. The minimum Gasteiger partial charge on any atom is -0.495 e. The highest BCUT2D eigenvalue weighted by atomic mass is 16.5. The monoisotopic (exact) mass is 666 g/mol. The number of fused-ring (bicyclic) bond motifs is 3. The minimum absolute atomic E-state index is 0.0285. The van der Waals surface area contributed by atoms with Crippen LogP contribution < -0.4 is 15.0 Å². The topological polar surface area (TPSA) is 102 Å². The Labute approximate surface area is 289 Å². The summed E-state index contributed by atoms with van der Waals surface area (Å²) in [6.45, 7) is 9.23. The molecule has 3 amide bonds. The van der Waals surface area contributed by atoms with E-state index >= 15 is 0 Å². The van der Waals surface area contributed by atoms with E-state index < -0.39 is 18.2 Å². The second-order valence-electron chi connectivity index (χ2n) is 15.4. The first-order valence-corrected chi connectivity index (χ1v) is 18.0. The van der Waals surface area contributed by atoms with Crippen molar-refractivity contribution in [2.45, 2.75) is 64.6 Å². The van der Waals surface area contributed by atoms with Crippen molar-refractivity contribution < 1.29 is 24.2 Å². The van der Waals surface area contributed by atoms with Gasteiger partial charge < -0.3 is 29.9 Å². The van der Waals surface area contributed by atoms with Gasteiger partial charge in [0.1, 0.15) is 17.8 Å². The van der Waals surface area contributed by atoms with Crippen molar-refractivity contribution in [2.75, 3.05) is 44.7 Å². The Morgan fingerprint density at radius 2 is 1.65 bits per heavy atom. The number of piperazine rings is 1. The van der Waals surface area contributed by atoms with Crippen molar-refractivity contribution in [3.63, 3.8) is 0 Å². The molecule has 2 heterocycles. The Morgan fingerprint density at radius 1 is 0.939 bits per heavy atom. The number of nitrogens with one attached hydrogen (secondary N) is 1. The van der Waals surface area contributed by atoms with Gasteiger partial charge >= 0.3 is 0 Å². The summed E-state index contributed by atoms with van der Waals surface area (Å²) in [6.07, 6.45) is 1.71. The van der Waals surface area contributed by atoms with Crippen LogP contribution in [0.1, 0.15) is 45.6 Å². The molecule has 3 aliphatic carbocycles. The Hall–Kier alpha value is -4.11. The van der Waals surface area contributed by atoms with Gasteiger partial charge in [0.05, 0.1) is 18.9 Å². The molecular weight excluding hydrogens is 616 g/mol. The van der Waals surface area contributed by atoms with Crippen LogP contribution >= 0.6 is 0 Å². The third-order valence-electron chi connectivity index (χ3n) is 12.4. The average Bonchev–Trinajstić information content (AvgIpc) is 3.52. The molecule has 2 bridgehead atoms. The number of carbonyl (C=O) groups excluding carboxylic acids is 3. The largest absolute Gasteiger partial charge is 0.495 e. The Morgan fingerprint density at radius 3 is 2.37 bits per heavy atom. The fourth-order valence-electron chi connectivity index (χ4n) is 9.34. The zero-order valence-corrected chi connectivity index (χ0v) is 29.2. The summed E-state index contributed by atoms with van der Waals surface area (Å²) >= 11 is 0. The molecule has 2 N–H and O–H groups in total. The van der Waals surface area contributed by atoms with E-state index in [1.807, 2.05) is 59.5 Å². The van der Waals surface area contributed by atoms with Gasteiger partial charge in [0, 0.05) is 51.5 Å². The third kappa shape index (κ3) is 6.26. The number of para-hydroxylation sites is 2. The van der Waals surface area contributed by atoms with Gasteiger partial charge in [-0.25, -0.2) is 0 Å². The maximum atomic E-state index is 14.3. The Bertz CT molecular complexity index is 1720. The normalized spacial score (nSPS) is 28.1. The smallest absolute Gasteiger partial charge is 0.245 e. The number of β-amino-alcohol motifs (C(OH)–C–C–N with tert-alkyl or cyclic N) is 1. The predicted molar refractivity (Wildman–Crippen MR) is 190 cm³/mol. The molecule has 0 spiro atoms. The van der Waals surface area contributed by atoms with Gasteiger partial charge in [-0.05, 0) is 64.5 Å². The minimum atomic E-state index is -0.816. The van der Waals surface area contributed by atoms with Crippen LogP contribution in [0, 0.1) is 29.1 Å². The predicted octanol–water partition coefficient (Wildman–Crippen LogP) is 4.50. The van der Waals surface area contributed by atoms with Crippen molar-refractivity contribution in [2.24, 2.45) is 29.1 Å². The van der Waals surface area contributed by atoms with Gasteiger partial charge in [-0.3, -0.25) is 14.4 Å². The van der Waals surface area contributed by atoms with Gasteiger partial charge in [-0.2, -0.15) is 0 Å². The van der Waals surface area contributed by atoms with Crippen molar-refractivity contribution in [1.29, 1.82) is 0 Å². The Balaban J connectivity index is 1.09. The zero-order chi connectivity index (χ0) is 34.4. The molecule has 9 heteroatoms. The van der Waals surface area contributed by atoms with Gasteiger partial charge in [0.15, 0.2) is 0 Å². The number of aliphatic hydroxyl groups excluding tert-OH is 1. The number of methoxy groups -OCH3 is 1. The maximum absolute atomic E-state index is 14.3. The number of likely N-dealkylation sites (tertiary alicyclic amines) is 1. The summed E-state index contributed by atoms with van der Waals surface area (Å²) in [5.41, 5.74) is 2.19. The van der Waals surface area contributed by atoms with Gasteiger partial charge in [0.25, 0.3) is 0 Å². The summed E-state index contributed by atoms with van der Waals surface area (Å²) < 4.78 is 5.58. The van der Waals surface area contributed by atoms with Crippen LogP contribution in [0.2, 0.25) is 0 Å². The molecule has 7 atom stereocenters. The molecule has 2 aliphatic heterocycles. The van der Waals surface area contributed by atoms with Crippen LogP contribution in [0.3, 0.4) is 0 Å². The van der Waals surface area contributed by atoms with E-state index in [9.17, 15) is 19.5 Å². The molecule has 3 saturated carbocycles. The zero-order valence-electron chi connectivity index (χ0n) is 29.2. The molecule has 6 unspecified atom stereocenters. The van der Waals surface area contributed by atoms with Gasteiger partial charge in [-0.15, -0.1) is 0 Å². The maximum Gasteiger partial charge on any atom is 0.245 e. The van der Waals surface area contributed by atoms with E-state index in [1.54, 1.807) is 12.0 Å². The number of hydrogen-bond acceptors (Lipinski definition) is 6. The number of nitrogens with zero attached hydrogens (tertiary/aromatic N) is 3. The van der Waals surface area contributed by atoms with E-state index in [0.717, 1.165) is 40.6 Å².